The molecule has 0 saturated carbocycles. The maximum Gasteiger partial charge on any atom is 0.435 e. The molecule has 0 bridgehead atoms. The topological polar surface area (TPSA) is 88.4 Å². The molecule has 1 aliphatic rings. The van der Waals surface area contributed by atoms with Gasteiger partial charge in [0, 0.05) is 26.2 Å². The Kier molecular flexibility index (Phi) is 6.41. The lowest BCUT2D eigenvalue weighted by molar-refractivity contribution is -0.143. The molecular formula is C21H19F4N5O3S. The van der Waals surface area contributed by atoms with Gasteiger partial charge in [-0.25, -0.2) is 17.5 Å². The van der Waals surface area contributed by atoms with Crippen molar-refractivity contribution in [1.29, 1.82) is 0 Å². The molecule has 1 aliphatic heterocycles. The van der Waals surface area contributed by atoms with Crippen LogP contribution in [0, 0.1) is 5.82 Å². The number of carbonyl (C=O) groups is 1. The highest BCUT2D eigenvalue weighted by Gasteiger charge is 2.43. The van der Waals surface area contributed by atoms with Crippen molar-refractivity contribution in [2.75, 3.05) is 26.2 Å². The Morgan fingerprint density at radius 1 is 0.941 bits per heavy atom. The van der Waals surface area contributed by atoms with Crippen LogP contribution < -0.4 is 0 Å². The van der Waals surface area contributed by atoms with E-state index in [0.29, 0.717) is 10.2 Å². The van der Waals surface area contributed by atoms with Gasteiger partial charge >= 0.3 is 6.18 Å². The number of halogens is 4. The highest BCUT2D eigenvalue weighted by Crippen LogP contribution is 2.33. The van der Waals surface area contributed by atoms with Gasteiger partial charge in [-0.15, -0.1) is 5.10 Å². The molecule has 0 unspecified atom stereocenters. The summed E-state index contributed by atoms with van der Waals surface area (Å²) in [7, 11) is -3.66. The second kappa shape index (κ2) is 9.14. The van der Waals surface area contributed by atoms with Crippen LogP contribution in [-0.2, 0) is 22.0 Å². The van der Waals surface area contributed by atoms with Crippen molar-refractivity contribution in [2.24, 2.45) is 0 Å². The summed E-state index contributed by atoms with van der Waals surface area (Å²) in [5.74, 6) is -1.87. The number of carbonyl (C=O) groups excluding carboxylic acids is 1. The molecule has 180 valence electrons. The van der Waals surface area contributed by atoms with E-state index in [4.69, 9.17) is 0 Å². The Hall–Kier alpha value is -3.32. The van der Waals surface area contributed by atoms with Gasteiger partial charge in [-0.05, 0) is 29.8 Å². The number of amides is 1. The molecule has 1 fully saturated rings. The number of hydrogen-bond acceptors (Lipinski definition) is 5. The van der Waals surface area contributed by atoms with E-state index < -0.39 is 39.3 Å². The molecule has 1 amide bonds. The maximum absolute atomic E-state index is 13.8. The number of aromatic nitrogens is 3. The number of sulfonamides is 1. The van der Waals surface area contributed by atoms with Gasteiger partial charge in [0.05, 0.1) is 11.4 Å². The summed E-state index contributed by atoms with van der Waals surface area (Å²) in [6.45, 7) is -0.330. The lowest BCUT2D eigenvalue weighted by atomic mass is 10.2. The van der Waals surface area contributed by atoms with Gasteiger partial charge in [-0.1, -0.05) is 35.5 Å². The maximum atomic E-state index is 13.8. The van der Waals surface area contributed by atoms with Crippen LogP contribution in [0.5, 0.6) is 0 Å². The zero-order valence-corrected chi connectivity index (χ0v) is 18.4. The van der Waals surface area contributed by atoms with E-state index in [2.05, 4.69) is 10.3 Å². The summed E-state index contributed by atoms with van der Waals surface area (Å²) in [4.78, 5) is 14.0. The molecule has 0 radical (unpaired) electrons. The van der Waals surface area contributed by atoms with Gasteiger partial charge in [0.15, 0.2) is 11.4 Å². The molecular weight excluding hydrogens is 478 g/mol. The summed E-state index contributed by atoms with van der Waals surface area (Å²) in [6, 6.07) is 12.7. The van der Waals surface area contributed by atoms with Crippen molar-refractivity contribution in [1.82, 2.24) is 24.2 Å². The van der Waals surface area contributed by atoms with Crippen molar-refractivity contribution in [3.05, 3.63) is 77.4 Å². The van der Waals surface area contributed by atoms with E-state index in [0.717, 1.165) is 29.2 Å². The Labute approximate surface area is 192 Å². The average Bonchev–Trinajstić information content (AvgIpc) is 3.25. The lowest BCUT2D eigenvalue weighted by Gasteiger charge is -2.33. The van der Waals surface area contributed by atoms with Gasteiger partial charge in [-0.2, -0.15) is 17.5 Å². The Bertz CT molecular complexity index is 1270. The molecule has 2 heterocycles. The zero-order chi connectivity index (χ0) is 24.5. The predicted octanol–water partition coefficient (Wildman–Crippen LogP) is 2.71. The molecule has 1 saturated heterocycles. The van der Waals surface area contributed by atoms with E-state index in [1.807, 2.05) is 0 Å². The molecule has 0 spiro atoms. The number of hydrogen-bond donors (Lipinski definition) is 0. The third-order valence-electron chi connectivity index (χ3n) is 5.32. The quantitative estimate of drug-likeness (QED) is 0.506. The largest absolute Gasteiger partial charge is 0.435 e. The van der Waals surface area contributed by atoms with E-state index >= 15 is 0 Å². The highest BCUT2D eigenvalue weighted by molar-refractivity contribution is 7.88. The fourth-order valence-corrected chi connectivity index (χ4v) is 5.15. The number of rotatable bonds is 5. The minimum atomic E-state index is -4.97. The smallest absolute Gasteiger partial charge is 0.335 e. The van der Waals surface area contributed by atoms with Crippen molar-refractivity contribution in [2.45, 2.75) is 11.9 Å². The molecule has 1 aromatic heterocycles. The second-order valence-electron chi connectivity index (χ2n) is 7.61. The molecule has 0 atom stereocenters. The van der Waals surface area contributed by atoms with Gasteiger partial charge in [0.2, 0.25) is 10.0 Å². The third-order valence-corrected chi connectivity index (χ3v) is 7.17. The second-order valence-corrected chi connectivity index (χ2v) is 9.57. The SMILES string of the molecule is O=C(c1nnn(-c2ccc(F)cc2)c1C(F)(F)F)N1CCN(S(=O)(=O)Cc2ccccc2)CC1. The standard InChI is InChI=1S/C21H19F4N5O3S/c22-16-6-8-17(9-7-16)30-19(21(23,24)25)18(26-27-30)20(31)28-10-12-29(13-11-28)34(32,33)14-15-4-2-1-3-5-15/h1-9H,10-14H2. The number of piperazine rings is 1. The van der Waals surface area contributed by atoms with Crippen molar-refractivity contribution < 1.29 is 30.8 Å². The lowest BCUT2D eigenvalue weighted by Crippen LogP contribution is -2.51. The fourth-order valence-electron chi connectivity index (χ4n) is 3.64. The molecule has 34 heavy (non-hydrogen) atoms. The van der Waals surface area contributed by atoms with Crippen LogP contribution in [0.15, 0.2) is 54.6 Å². The Balaban J connectivity index is 1.52. The summed E-state index contributed by atoms with van der Waals surface area (Å²) in [6.07, 6.45) is -4.97. The van der Waals surface area contributed by atoms with E-state index in [-0.39, 0.29) is 37.6 Å². The minimum Gasteiger partial charge on any atom is -0.335 e. The number of benzene rings is 2. The first-order valence-corrected chi connectivity index (χ1v) is 11.8. The van der Waals surface area contributed by atoms with Crippen LogP contribution in [0.25, 0.3) is 5.69 Å². The van der Waals surface area contributed by atoms with E-state index in [1.54, 1.807) is 30.3 Å². The normalized spacial score (nSPS) is 15.5. The van der Waals surface area contributed by atoms with Crippen molar-refractivity contribution in [3.8, 4) is 5.69 Å². The van der Waals surface area contributed by atoms with E-state index in [1.165, 1.54) is 4.31 Å². The molecule has 2 aromatic carbocycles. The van der Waals surface area contributed by atoms with Crippen LogP contribution >= 0.6 is 0 Å². The first kappa shape index (κ1) is 23.8. The van der Waals surface area contributed by atoms with Crippen LogP contribution in [0.4, 0.5) is 17.6 Å². The average molecular weight is 497 g/mol. The van der Waals surface area contributed by atoms with Crippen LogP contribution in [0.3, 0.4) is 0 Å². The first-order chi connectivity index (χ1) is 16.1. The summed E-state index contributed by atoms with van der Waals surface area (Å²) in [5, 5.41) is 6.93. The van der Waals surface area contributed by atoms with Gasteiger partial charge in [-0.3, -0.25) is 4.79 Å². The summed E-state index contributed by atoms with van der Waals surface area (Å²) in [5.41, 5.74) is -1.80. The van der Waals surface area contributed by atoms with Gasteiger partial charge in [0.25, 0.3) is 5.91 Å². The van der Waals surface area contributed by atoms with Crippen molar-refractivity contribution >= 4 is 15.9 Å². The highest BCUT2D eigenvalue weighted by atomic mass is 32.2. The molecule has 0 N–H and O–H groups in total. The minimum absolute atomic E-state index is 0.0612. The van der Waals surface area contributed by atoms with Crippen LogP contribution in [0.2, 0.25) is 0 Å². The van der Waals surface area contributed by atoms with Crippen LogP contribution in [-0.4, -0.2) is 64.7 Å². The van der Waals surface area contributed by atoms with Gasteiger partial charge < -0.3 is 4.90 Å². The molecule has 4 rings (SSSR count). The monoisotopic (exact) mass is 497 g/mol. The number of alkyl halides is 3. The van der Waals surface area contributed by atoms with Crippen molar-refractivity contribution in [3.63, 3.8) is 0 Å². The first-order valence-electron chi connectivity index (χ1n) is 10.2. The van der Waals surface area contributed by atoms with Crippen LogP contribution in [0.1, 0.15) is 21.7 Å². The Morgan fingerprint density at radius 2 is 1.56 bits per heavy atom. The zero-order valence-electron chi connectivity index (χ0n) is 17.6. The Morgan fingerprint density at radius 3 is 2.15 bits per heavy atom. The molecule has 0 aliphatic carbocycles. The fraction of sp³-hybridized carbons (Fsp3) is 0.286. The summed E-state index contributed by atoms with van der Waals surface area (Å²) < 4.78 is 81.7. The number of nitrogens with zero attached hydrogens (tertiary/aromatic N) is 5. The predicted molar refractivity (Wildman–Crippen MR) is 113 cm³/mol. The molecule has 3 aromatic rings. The molecule has 8 nitrogen and oxygen atoms in total. The van der Waals surface area contributed by atoms with E-state index in [9.17, 15) is 30.8 Å². The van der Waals surface area contributed by atoms with Gasteiger partial charge in [0.1, 0.15) is 5.82 Å². The summed E-state index contributed by atoms with van der Waals surface area (Å²) >= 11 is 0. The molecule has 13 heteroatoms. The third kappa shape index (κ3) is 4.94.